The number of carboxylic acid groups (broad SMARTS) is 1. The van der Waals surface area contributed by atoms with Gasteiger partial charge in [0.1, 0.15) is 6.04 Å². The van der Waals surface area contributed by atoms with E-state index in [0.717, 1.165) is 6.42 Å². The summed E-state index contributed by atoms with van der Waals surface area (Å²) >= 11 is 0. The number of halogens is 2. The van der Waals surface area contributed by atoms with E-state index in [1.54, 1.807) is 0 Å². The van der Waals surface area contributed by atoms with E-state index >= 15 is 0 Å². The minimum Gasteiger partial charge on any atom is -0.480 e. The molecule has 0 unspecified atom stereocenters. The van der Waals surface area contributed by atoms with E-state index in [1.165, 1.54) is 24.3 Å². The number of nitro groups is 1. The summed E-state index contributed by atoms with van der Waals surface area (Å²) in [6.45, 7) is 4.44. The molecule has 174 valence electrons. The van der Waals surface area contributed by atoms with E-state index in [-0.39, 0.29) is 30.5 Å². The smallest absolute Gasteiger partial charge is 0.326 e. The Kier molecular flexibility index (Phi) is 19.2. The molecule has 0 fully saturated rings. The molecule has 1 aromatic carbocycles. The first-order valence-electron chi connectivity index (χ1n) is 9.07. The number of unbranched alkanes of at least 4 members (excludes halogenated alkanes) is 1. The van der Waals surface area contributed by atoms with Gasteiger partial charge < -0.3 is 27.6 Å². The number of hydrogen-bond donors (Lipinski definition) is 5. The number of anilines is 1. The van der Waals surface area contributed by atoms with Crippen LogP contribution in [-0.2, 0) is 9.59 Å². The van der Waals surface area contributed by atoms with Crippen LogP contribution < -0.4 is 22.5 Å². The largest absolute Gasteiger partial charge is 0.480 e. The van der Waals surface area contributed by atoms with Crippen LogP contribution in [0.25, 0.3) is 0 Å². The molecule has 0 saturated heterocycles. The lowest BCUT2D eigenvalue weighted by Gasteiger charge is -2.18. The number of nitrogens with one attached hydrogen (secondary N) is 1. The van der Waals surface area contributed by atoms with Gasteiger partial charge in [0.25, 0.3) is 5.69 Å². The molecule has 0 aliphatic rings. The maximum absolute atomic E-state index is 11.7. The number of nitro benzene ring substituents is 1. The number of nitrogens with zero attached hydrogens (tertiary/aromatic N) is 1. The summed E-state index contributed by atoms with van der Waals surface area (Å²) in [6, 6.07) is 4.21. The van der Waals surface area contributed by atoms with Gasteiger partial charge in [-0.2, -0.15) is 0 Å². The average molecular weight is 470 g/mol. The van der Waals surface area contributed by atoms with E-state index in [4.69, 9.17) is 22.3 Å². The molecule has 1 aromatic rings. The van der Waals surface area contributed by atoms with Gasteiger partial charge in [-0.1, -0.05) is 13.8 Å². The van der Waals surface area contributed by atoms with Crippen LogP contribution in [0.2, 0.25) is 0 Å². The number of nitrogens with two attached hydrogens (primary N) is 3. The maximum atomic E-state index is 11.7. The van der Waals surface area contributed by atoms with Crippen LogP contribution in [0.3, 0.4) is 0 Å². The number of benzene rings is 1. The number of aliphatic carboxylic acids is 1. The van der Waals surface area contributed by atoms with E-state index < -0.39 is 28.9 Å². The van der Waals surface area contributed by atoms with Crippen LogP contribution in [0.15, 0.2) is 24.3 Å². The first-order valence-corrected chi connectivity index (χ1v) is 9.07. The fourth-order valence-electron chi connectivity index (χ4n) is 2.24. The lowest BCUT2D eigenvalue weighted by molar-refractivity contribution is -0.384. The van der Waals surface area contributed by atoms with E-state index in [9.17, 15) is 19.7 Å². The monoisotopic (exact) mass is 469 g/mol. The van der Waals surface area contributed by atoms with Gasteiger partial charge in [0.05, 0.1) is 11.0 Å². The van der Waals surface area contributed by atoms with Crippen LogP contribution in [0.4, 0.5) is 11.4 Å². The zero-order valence-electron chi connectivity index (χ0n) is 17.2. The van der Waals surface area contributed by atoms with Gasteiger partial charge in [0.2, 0.25) is 5.91 Å². The van der Waals surface area contributed by atoms with Crippen molar-refractivity contribution in [3.05, 3.63) is 34.4 Å². The second-order valence-corrected chi connectivity index (χ2v) is 6.77. The van der Waals surface area contributed by atoms with Gasteiger partial charge in [-0.15, -0.1) is 24.8 Å². The van der Waals surface area contributed by atoms with E-state index in [2.05, 4.69) is 5.32 Å². The number of hydrogen-bond acceptors (Lipinski definition) is 7. The topological polar surface area (TPSA) is 188 Å². The Bertz CT molecular complexity index is 632. The highest BCUT2D eigenvalue weighted by atomic mass is 35.5. The third-order valence-electron chi connectivity index (χ3n) is 3.73. The van der Waals surface area contributed by atoms with Crippen molar-refractivity contribution in [1.29, 1.82) is 0 Å². The standard InChI is InChI=1S/C12H25N3O3.C6H6N2O2.2ClH/c1-8(2)7-9(14)11(16)15-10(12(17)18)5-3-4-6-13;7-5-1-3-6(4-2-5)8(9)10;;/h8-10H,3-7,13-14H2,1-2H3,(H,15,16)(H,17,18);1-4H,7H2;2*1H/t9-,10-;;;/m0.../s1. The van der Waals surface area contributed by atoms with Crippen molar-refractivity contribution in [3.63, 3.8) is 0 Å². The van der Waals surface area contributed by atoms with E-state index in [1.807, 2.05) is 13.8 Å². The Morgan fingerprint density at radius 3 is 2.10 bits per heavy atom. The molecule has 1 amide bonds. The number of nitrogen functional groups attached to an aromatic ring is 1. The van der Waals surface area contributed by atoms with Crippen molar-refractivity contribution in [2.45, 2.75) is 51.6 Å². The lowest BCUT2D eigenvalue weighted by Crippen LogP contribution is -2.48. The molecule has 0 aliphatic carbocycles. The summed E-state index contributed by atoms with van der Waals surface area (Å²) < 4.78 is 0. The average Bonchev–Trinajstić information content (AvgIpc) is 2.61. The van der Waals surface area contributed by atoms with Gasteiger partial charge >= 0.3 is 5.97 Å². The molecule has 8 N–H and O–H groups in total. The van der Waals surface area contributed by atoms with Crippen molar-refractivity contribution in [2.24, 2.45) is 17.4 Å². The summed E-state index contributed by atoms with van der Waals surface area (Å²) in [7, 11) is 0. The fraction of sp³-hybridized carbons (Fsp3) is 0.556. The summed E-state index contributed by atoms with van der Waals surface area (Å²) in [5, 5.41) is 21.6. The normalized spacial score (nSPS) is 11.6. The molecule has 2 atom stereocenters. The second kappa shape index (κ2) is 17.7. The summed E-state index contributed by atoms with van der Waals surface area (Å²) in [5.41, 5.74) is 16.9. The molecule has 0 spiro atoms. The Balaban J connectivity index is -0.000000517. The fourth-order valence-corrected chi connectivity index (χ4v) is 2.24. The van der Waals surface area contributed by atoms with Crippen LogP contribution in [0, 0.1) is 16.0 Å². The van der Waals surface area contributed by atoms with Crippen molar-refractivity contribution >= 4 is 48.1 Å². The molecule has 0 radical (unpaired) electrons. The Labute approximate surface area is 188 Å². The molecule has 0 aromatic heterocycles. The van der Waals surface area contributed by atoms with Gasteiger partial charge in [-0.25, -0.2) is 4.79 Å². The number of rotatable bonds is 10. The molecule has 30 heavy (non-hydrogen) atoms. The molecule has 10 nitrogen and oxygen atoms in total. The number of non-ortho nitro benzene ring substituents is 1. The zero-order chi connectivity index (χ0) is 21.7. The molecule has 1 rings (SSSR count). The quantitative estimate of drug-likeness (QED) is 0.149. The predicted molar refractivity (Wildman–Crippen MR) is 122 cm³/mol. The first kappa shape index (κ1) is 32.5. The first-order chi connectivity index (χ1) is 13.1. The van der Waals surface area contributed by atoms with Crippen molar-refractivity contribution in [3.8, 4) is 0 Å². The second-order valence-electron chi connectivity index (χ2n) is 6.77. The number of carboxylic acids is 1. The van der Waals surface area contributed by atoms with Crippen LogP contribution in [0.1, 0.15) is 39.5 Å². The Morgan fingerprint density at radius 1 is 1.17 bits per heavy atom. The van der Waals surface area contributed by atoms with Gasteiger partial charge in [0, 0.05) is 17.8 Å². The number of carbonyl (C=O) groups is 2. The summed E-state index contributed by atoms with van der Waals surface area (Å²) in [6.07, 6.45) is 2.35. The molecular formula is C18H33Cl2N5O5. The molecule has 0 aliphatic heterocycles. The highest BCUT2D eigenvalue weighted by Crippen LogP contribution is 2.12. The van der Waals surface area contributed by atoms with Gasteiger partial charge in [-0.05, 0) is 50.3 Å². The molecule has 0 bridgehead atoms. The third kappa shape index (κ3) is 14.8. The van der Waals surface area contributed by atoms with Crippen LogP contribution >= 0.6 is 24.8 Å². The third-order valence-corrected chi connectivity index (χ3v) is 3.73. The number of carbonyl (C=O) groups excluding carboxylic acids is 1. The molecule has 12 heteroatoms. The van der Waals surface area contributed by atoms with Crippen molar-refractivity contribution < 1.29 is 19.6 Å². The van der Waals surface area contributed by atoms with Crippen LogP contribution in [-0.4, -0.2) is 40.5 Å². The van der Waals surface area contributed by atoms with Crippen LogP contribution in [0.5, 0.6) is 0 Å². The van der Waals surface area contributed by atoms with Gasteiger partial charge in [-0.3, -0.25) is 14.9 Å². The van der Waals surface area contributed by atoms with Crippen molar-refractivity contribution in [1.82, 2.24) is 5.32 Å². The summed E-state index contributed by atoms with van der Waals surface area (Å²) in [5.74, 6) is -1.13. The Hall–Kier alpha value is -2.14. The zero-order valence-corrected chi connectivity index (χ0v) is 18.8. The minimum absolute atomic E-state index is 0. The Morgan fingerprint density at radius 2 is 1.70 bits per heavy atom. The SMILES string of the molecule is CC(C)C[C@H](N)C(=O)N[C@@H](CCCCN)C(=O)O.Cl.Cl.Nc1ccc([N+](=O)[O-])cc1. The highest BCUT2D eigenvalue weighted by molar-refractivity contribution is 5.86. The summed E-state index contributed by atoms with van der Waals surface area (Å²) in [4.78, 5) is 32.3. The van der Waals surface area contributed by atoms with Gasteiger partial charge in [0.15, 0.2) is 0 Å². The van der Waals surface area contributed by atoms with E-state index in [0.29, 0.717) is 37.4 Å². The maximum Gasteiger partial charge on any atom is 0.326 e. The molecular weight excluding hydrogens is 437 g/mol. The highest BCUT2D eigenvalue weighted by Gasteiger charge is 2.23. The molecule has 0 heterocycles. The lowest BCUT2D eigenvalue weighted by atomic mass is 10.0. The number of amides is 1. The van der Waals surface area contributed by atoms with Crippen molar-refractivity contribution in [2.75, 3.05) is 12.3 Å². The molecule has 0 saturated carbocycles. The predicted octanol–water partition coefficient (Wildman–Crippen LogP) is 2.08. The minimum atomic E-state index is -1.03.